The van der Waals surface area contributed by atoms with Gasteiger partial charge >= 0.3 is 10.5 Å². The summed E-state index contributed by atoms with van der Waals surface area (Å²) in [6.45, 7) is 3.70. The number of aromatic nitrogens is 3. The van der Waals surface area contributed by atoms with Crippen molar-refractivity contribution in [2.24, 2.45) is 0 Å². The molecule has 10 heteroatoms. The highest BCUT2D eigenvalue weighted by molar-refractivity contribution is 7.81. The van der Waals surface area contributed by atoms with Crippen molar-refractivity contribution in [1.29, 1.82) is 0 Å². The first-order valence-corrected chi connectivity index (χ1v) is 13.8. The minimum absolute atomic E-state index is 0.0859. The van der Waals surface area contributed by atoms with Crippen LogP contribution in [0.3, 0.4) is 0 Å². The lowest BCUT2D eigenvalue weighted by atomic mass is 9.96. The summed E-state index contributed by atoms with van der Waals surface area (Å²) in [7, 11) is -3.10. The number of terminal acetylenes is 1. The highest BCUT2D eigenvalue weighted by Gasteiger charge is 2.25. The second kappa shape index (κ2) is 9.22. The third-order valence-corrected chi connectivity index (χ3v) is 7.92. The van der Waals surface area contributed by atoms with Gasteiger partial charge in [0.15, 0.2) is 11.2 Å². The standard InChI is InChI=1S/C29H25FN4O4S/c1-4-18-5-6-22-25(12-18)32-29-27(22)28(35)24-11-17(2)23(19-13-21(16-31-15-19)38-39(30,36)37)14-26(24)34(29)20-7-9-33(3)10-8-20/h1,5-6,11-16,20,32H,7-10H2,2-3H3. The van der Waals surface area contributed by atoms with E-state index in [1.165, 1.54) is 6.07 Å². The molecule has 5 aromatic rings. The van der Waals surface area contributed by atoms with Crippen LogP contribution in [0.5, 0.6) is 5.75 Å². The number of fused-ring (bicyclic) bond motifs is 4. The third-order valence-electron chi connectivity index (χ3n) is 7.53. The van der Waals surface area contributed by atoms with Gasteiger partial charge in [0.25, 0.3) is 0 Å². The zero-order valence-electron chi connectivity index (χ0n) is 21.4. The summed E-state index contributed by atoms with van der Waals surface area (Å²) in [5, 5.41) is 2.02. The van der Waals surface area contributed by atoms with Gasteiger partial charge in [-0.3, -0.25) is 9.78 Å². The highest BCUT2D eigenvalue weighted by Crippen LogP contribution is 2.36. The Morgan fingerprint density at radius 1 is 1.13 bits per heavy atom. The number of likely N-dealkylation sites (tertiary alicyclic amines) is 1. The molecule has 0 radical (unpaired) electrons. The number of hydrogen-bond donors (Lipinski definition) is 1. The summed E-state index contributed by atoms with van der Waals surface area (Å²) < 4.78 is 41.9. The monoisotopic (exact) mass is 544 g/mol. The first-order valence-electron chi connectivity index (χ1n) is 12.5. The second-order valence-electron chi connectivity index (χ2n) is 10.1. The lowest BCUT2D eigenvalue weighted by molar-refractivity contribution is 0.226. The molecular weight excluding hydrogens is 519 g/mol. The van der Waals surface area contributed by atoms with Crippen molar-refractivity contribution in [2.75, 3.05) is 20.1 Å². The number of halogens is 1. The molecule has 1 aliphatic heterocycles. The number of H-pyrrole nitrogens is 1. The van der Waals surface area contributed by atoms with E-state index in [4.69, 9.17) is 6.42 Å². The Morgan fingerprint density at radius 2 is 1.90 bits per heavy atom. The molecule has 1 N–H and O–H groups in total. The fourth-order valence-electron chi connectivity index (χ4n) is 5.69. The molecule has 1 aliphatic rings. The van der Waals surface area contributed by atoms with Crippen molar-refractivity contribution in [3.05, 3.63) is 70.1 Å². The second-order valence-corrected chi connectivity index (χ2v) is 11.0. The van der Waals surface area contributed by atoms with E-state index in [9.17, 15) is 17.1 Å². The van der Waals surface area contributed by atoms with Gasteiger partial charge in [-0.2, -0.15) is 8.42 Å². The van der Waals surface area contributed by atoms with E-state index in [1.807, 2.05) is 37.3 Å². The molecule has 0 bridgehead atoms. The van der Waals surface area contributed by atoms with Gasteiger partial charge in [0.2, 0.25) is 0 Å². The Hall–Kier alpha value is -4.20. The molecule has 0 atom stereocenters. The van der Waals surface area contributed by atoms with Crippen LogP contribution in [0.2, 0.25) is 0 Å². The molecule has 1 saturated heterocycles. The van der Waals surface area contributed by atoms with Gasteiger partial charge in [0, 0.05) is 39.7 Å². The van der Waals surface area contributed by atoms with E-state index in [1.54, 1.807) is 6.20 Å². The number of nitrogens with zero attached hydrogens (tertiary/aromatic N) is 3. The van der Waals surface area contributed by atoms with Crippen LogP contribution in [0.15, 0.2) is 53.6 Å². The van der Waals surface area contributed by atoms with E-state index in [-0.39, 0.29) is 17.2 Å². The average Bonchev–Trinajstić information content (AvgIpc) is 3.27. The van der Waals surface area contributed by atoms with E-state index in [2.05, 4.69) is 36.6 Å². The summed E-state index contributed by atoms with van der Waals surface area (Å²) in [5.74, 6) is 2.42. The summed E-state index contributed by atoms with van der Waals surface area (Å²) in [4.78, 5) is 23.8. The number of pyridine rings is 2. The molecule has 0 unspecified atom stereocenters. The Labute approximate surface area is 224 Å². The summed E-state index contributed by atoms with van der Waals surface area (Å²) in [5.41, 5.74) is 4.96. The van der Waals surface area contributed by atoms with Gasteiger partial charge in [-0.25, -0.2) is 0 Å². The summed E-state index contributed by atoms with van der Waals surface area (Å²) in [6.07, 6.45) is 10.1. The van der Waals surface area contributed by atoms with Gasteiger partial charge in [0.1, 0.15) is 5.65 Å². The molecule has 0 spiro atoms. The predicted octanol–water partition coefficient (Wildman–Crippen LogP) is 4.85. The Kier molecular flexibility index (Phi) is 5.93. The van der Waals surface area contributed by atoms with Gasteiger partial charge in [-0.05, 0) is 81.4 Å². The Bertz CT molecular complexity index is 2000. The highest BCUT2D eigenvalue weighted by atomic mass is 32.3. The lowest BCUT2D eigenvalue weighted by Crippen LogP contribution is -2.32. The minimum Gasteiger partial charge on any atom is -0.357 e. The topological polar surface area (TPSA) is 97.3 Å². The number of benzene rings is 2. The normalized spacial score (nSPS) is 15.2. The maximum Gasteiger partial charge on any atom is 0.488 e. The van der Waals surface area contributed by atoms with Crippen LogP contribution < -0.4 is 9.61 Å². The predicted molar refractivity (Wildman–Crippen MR) is 150 cm³/mol. The summed E-state index contributed by atoms with van der Waals surface area (Å²) >= 11 is 0. The van der Waals surface area contributed by atoms with Gasteiger partial charge in [-0.15, -0.1) is 6.42 Å². The van der Waals surface area contributed by atoms with Crippen LogP contribution in [0.1, 0.15) is 30.0 Å². The molecule has 0 aliphatic carbocycles. The van der Waals surface area contributed by atoms with Crippen LogP contribution in [0.4, 0.5) is 3.89 Å². The minimum atomic E-state index is -5.20. The first kappa shape index (κ1) is 25.1. The van der Waals surface area contributed by atoms with Gasteiger partial charge < -0.3 is 18.6 Å². The van der Waals surface area contributed by atoms with E-state index >= 15 is 0 Å². The zero-order chi connectivity index (χ0) is 27.5. The quantitative estimate of drug-likeness (QED) is 0.257. The number of hydrogen-bond acceptors (Lipinski definition) is 6. The number of piperidine rings is 1. The summed E-state index contributed by atoms with van der Waals surface area (Å²) in [6, 6.07) is 10.9. The third kappa shape index (κ3) is 4.43. The van der Waals surface area contributed by atoms with E-state index in [0.717, 1.165) is 70.9 Å². The molecular formula is C29H25FN4O4S. The van der Waals surface area contributed by atoms with Crippen LogP contribution in [0, 0.1) is 19.3 Å². The van der Waals surface area contributed by atoms with Crippen molar-refractivity contribution in [3.63, 3.8) is 0 Å². The van der Waals surface area contributed by atoms with Gasteiger partial charge in [0.05, 0.1) is 17.1 Å². The average molecular weight is 545 g/mol. The molecule has 39 heavy (non-hydrogen) atoms. The Morgan fingerprint density at radius 3 is 2.62 bits per heavy atom. The SMILES string of the molecule is C#Cc1ccc2c(c1)[nH]c1c2c(=O)c2cc(C)c(-c3cncc(OS(=O)(=O)F)c3)cc2n1C1CCN(C)CC1. The van der Waals surface area contributed by atoms with Crippen LogP contribution in [-0.2, 0) is 10.5 Å². The van der Waals surface area contributed by atoms with Gasteiger partial charge in [-0.1, -0.05) is 15.9 Å². The molecule has 2 aromatic carbocycles. The molecule has 0 amide bonds. The molecule has 8 nitrogen and oxygen atoms in total. The van der Waals surface area contributed by atoms with Crippen LogP contribution in [0.25, 0.3) is 44.0 Å². The molecule has 6 rings (SSSR count). The zero-order valence-corrected chi connectivity index (χ0v) is 22.2. The molecule has 198 valence electrons. The smallest absolute Gasteiger partial charge is 0.357 e. The van der Waals surface area contributed by atoms with Crippen LogP contribution >= 0.6 is 0 Å². The Balaban J connectivity index is 1.66. The van der Waals surface area contributed by atoms with Crippen molar-refractivity contribution in [3.8, 4) is 29.2 Å². The first-order chi connectivity index (χ1) is 18.6. The number of nitrogens with one attached hydrogen (secondary N) is 1. The number of aromatic amines is 1. The molecule has 3 aromatic heterocycles. The van der Waals surface area contributed by atoms with Crippen molar-refractivity contribution >= 4 is 43.3 Å². The number of aryl methyl sites for hydroxylation is 1. The fraction of sp³-hybridized carbons (Fsp3) is 0.241. The number of rotatable bonds is 4. The molecule has 0 saturated carbocycles. The van der Waals surface area contributed by atoms with Crippen molar-refractivity contribution in [1.82, 2.24) is 19.4 Å². The van der Waals surface area contributed by atoms with E-state index in [0.29, 0.717) is 16.3 Å². The maximum atomic E-state index is 14.0. The fourth-order valence-corrected chi connectivity index (χ4v) is 6.01. The maximum absolute atomic E-state index is 14.0. The molecule has 4 heterocycles. The molecule has 1 fully saturated rings. The van der Waals surface area contributed by atoms with E-state index < -0.39 is 10.5 Å². The van der Waals surface area contributed by atoms with Crippen LogP contribution in [-0.4, -0.2) is 48.0 Å². The lowest BCUT2D eigenvalue weighted by Gasteiger charge is -2.32. The van der Waals surface area contributed by atoms with Crippen molar-refractivity contribution < 1.29 is 16.5 Å². The van der Waals surface area contributed by atoms with Crippen molar-refractivity contribution in [2.45, 2.75) is 25.8 Å². The largest absolute Gasteiger partial charge is 0.488 e.